The van der Waals surface area contributed by atoms with Gasteiger partial charge in [0.2, 0.25) is 0 Å². The molecule has 0 aliphatic carbocycles. The van der Waals surface area contributed by atoms with Gasteiger partial charge >= 0.3 is 0 Å². The van der Waals surface area contributed by atoms with Crippen molar-refractivity contribution >= 4 is 21.7 Å². The lowest BCUT2D eigenvalue weighted by atomic mass is 10.5. The van der Waals surface area contributed by atoms with Crippen LogP contribution in [0.1, 0.15) is 6.42 Å². The molecule has 4 nitrogen and oxygen atoms in total. The smallest absolute Gasteiger partial charge is 0.195 e. The van der Waals surface area contributed by atoms with Crippen LogP contribution in [0.3, 0.4) is 0 Å². The standard InChI is InChI=1S/C3H9O4PS/c4-8-7-6-5-2-1-3-9/h4,8-9H,1-3H2. The Morgan fingerprint density at radius 1 is 1.56 bits per heavy atom. The summed E-state index contributed by atoms with van der Waals surface area (Å²) >= 11 is 3.92. The molecule has 0 aromatic rings. The maximum Gasteiger partial charge on any atom is 0.195 e. The van der Waals surface area contributed by atoms with E-state index in [0.29, 0.717) is 6.61 Å². The average Bonchev–Trinajstić information content (AvgIpc) is 1.89. The zero-order chi connectivity index (χ0) is 6.95. The van der Waals surface area contributed by atoms with Crippen LogP contribution in [0.5, 0.6) is 0 Å². The summed E-state index contributed by atoms with van der Waals surface area (Å²) in [4.78, 5) is 12.4. The first-order valence-electron chi connectivity index (χ1n) is 2.37. The van der Waals surface area contributed by atoms with Crippen molar-refractivity contribution in [2.75, 3.05) is 12.4 Å². The Morgan fingerprint density at radius 3 is 2.89 bits per heavy atom. The van der Waals surface area contributed by atoms with Crippen molar-refractivity contribution in [3.8, 4) is 0 Å². The van der Waals surface area contributed by atoms with Crippen LogP contribution in [0.15, 0.2) is 0 Å². The molecule has 0 radical (unpaired) electrons. The molecule has 6 heteroatoms. The Kier molecular flexibility index (Phi) is 9.21. The topological polar surface area (TPSA) is 47.9 Å². The van der Waals surface area contributed by atoms with E-state index in [4.69, 9.17) is 4.89 Å². The molecule has 9 heavy (non-hydrogen) atoms. The molecule has 0 aromatic heterocycles. The van der Waals surface area contributed by atoms with E-state index in [1.54, 1.807) is 0 Å². The maximum absolute atomic E-state index is 8.01. The van der Waals surface area contributed by atoms with Crippen LogP contribution in [0.4, 0.5) is 0 Å². The van der Waals surface area contributed by atoms with E-state index in [2.05, 4.69) is 27.2 Å². The summed E-state index contributed by atoms with van der Waals surface area (Å²) in [7, 11) is -0.697. The molecule has 0 rings (SSSR count). The highest BCUT2D eigenvalue weighted by Crippen LogP contribution is 2.03. The summed E-state index contributed by atoms with van der Waals surface area (Å²) in [6.45, 7) is 0.425. The van der Waals surface area contributed by atoms with Gasteiger partial charge in [-0.2, -0.15) is 17.3 Å². The first-order valence-corrected chi connectivity index (χ1v) is 3.85. The van der Waals surface area contributed by atoms with Crippen LogP contribution in [0, 0.1) is 0 Å². The first-order chi connectivity index (χ1) is 4.41. The van der Waals surface area contributed by atoms with E-state index in [1.807, 2.05) is 0 Å². The summed E-state index contributed by atoms with van der Waals surface area (Å²) in [5, 5.41) is 4.01. The van der Waals surface area contributed by atoms with Gasteiger partial charge < -0.3 is 4.89 Å². The number of hydrogen-bond donors (Lipinski definition) is 2. The van der Waals surface area contributed by atoms with Crippen molar-refractivity contribution in [3.63, 3.8) is 0 Å². The lowest BCUT2D eigenvalue weighted by molar-refractivity contribution is -0.464. The lowest BCUT2D eigenvalue weighted by Gasteiger charge is -1.97. The van der Waals surface area contributed by atoms with Gasteiger partial charge in [0.15, 0.2) is 9.03 Å². The largest absolute Gasteiger partial charge is 0.350 e. The molecular formula is C3H9O4PS. The molecule has 56 valence electrons. The normalized spacial score (nSPS) is 11.3. The van der Waals surface area contributed by atoms with Gasteiger partial charge in [0.25, 0.3) is 0 Å². The minimum Gasteiger partial charge on any atom is -0.350 e. The average molecular weight is 172 g/mol. The summed E-state index contributed by atoms with van der Waals surface area (Å²) in [5.41, 5.74) is 0. The Bertz CT molecular complexity index is 49.1. The van der Waals surface area contributed by atoms with Gasteiger partial charge in [-0.25, -0.2) is 4.89 Å². The van der Waals surface area contributed by atoms with E-state index in [0.717, 1.165) is 12.2 Å². The summed E-state index contributed by atoms with van der Waals surface area (Å²) < 4.78 is 4.02. The SMILES string of the molecule is OPOOOCCCS. The second kappa shape index (κ2) is 8.62. The van der Waals surface area contributed by atoms with E-state index in [9.17, 15) is 0 Å². The van der Waals surface area contributed by atoms with Gasteiger partial charge in [-0.1, -0.05) is 5.04 Å². The molecule has 0 spiro atoms. The second-order valence-electron chi connectivity index (χ2n) is 1.14. The van der Waals surface area contributed by atoms with Crippen molar-refractivity contribution in [1.82, 2.24) is 0 Å². The third kappa shape index (κ3) is 8.62. The van der Waals surface area contributed by atoms with Crippen LogP contribution in [0.2, 0.25) is 0 Å². The van der Waals surface area contributed by atoms with Gasteiger partial charge in [-0.3, -0.25) is 0 Å². The molecule has 1 N–H and O–H groups in total. The monoisotopic (exact) mass is 172 g/mol. The van der Waals surface area contributed by atoms with E-state index < -0.39 is 9.03 Å². The predicted octanol–water partition coefficient (Wildman–Crippen LogP) is 0.687. The molecule has 1 atom stereocenters. The number of hydrogen-bond acceptors (Lipinski definition) is 5. The lowest BCUT2D eigenvalue weighted by Crippen LogP contribution is -1.94. The molecule has 0 amide bonds. The van der Waals surface area contributed by atoms with Crippen molar-refractivity contribution in [2.24, 2.45) is 0 Å². The number of thiol groups is 1. The van der Waals surface area contributed by atoms with E-state index in [-0.39, 0.29) is 0 Å². The third-order valence-corrected chi connectivity index (χ3v) is 0.964. The van der Waals surface area contributed by atoms with Gasteiger partial charge in [0, 0.05) is 0 Å². The van der Waals surface area contributed by atoms with Crippen LogP contribution < -0.4 is 0 Å². The Morgan fingerprint density at radius 2 is 2.33 bits per heavy atom. The van der Waals surface area contributed by atoms with Crippen molar-refractivity contribution in [3.05, 3.63) is 0 Å². The van der Waals surface area contributed by atoms with Gasteiger partial charge in [-0.05, 0) is 12.2 Å². The third-order valence-electron chi connectivity index (χ3n) is 0.505. The minimum atomic E-state index is -0.697. The summed E-state index contributed by atoms with van der Waals surface area (Å²) in [6.07, 6.45) is 0.793. The van der Waals surface area contributed by atoms with Crippen LogP contribution in [0.25, 0.3) is 0 Å². The molecule has 0 aromatic carbocycles. The van der Waals surface area contributed by atoms with Gasteiger partial charge in [0.1, 0.15) is 0 Å². The fourth-order valence-electron chi connectivity index (χ4n) is 0.197. The maximum atomic E-state index is 8.01. The molecule has 1 unspecified atom stereocenters. The van der Waals surface area contributed by atoms with Crippen molar-refractivity contribution in [1.29, 1.82) is 0 Å². The molecule has 0 fully saturated rings. The quantitative estimate of drug-likeness (QED) is 0.203. The Labute approximate surface area is 60.7 Å². The Balaban J connectivity index is 2.60. The highest BCUT2D eigenvalue weighted by atomic mass is 32.1. The highest BCUT2D eigenvalue weighted by molar-refractivity contribution is 7.80. The molecule has 0 saturated carbocycles. The van der Waals surface area contributed by atoms with E-state index >= 15 is 0 Å². The molecule has 0 aliphatic heterocycles. The van der Waals surface area contributed by atoms with E-state index in [1.165, 1.54) is 0 Å². The summed E-state index contributed by atoms with van der Waals surface area (Å²) in [6, 6.07) is 0. The first kappa shape index (κ1) is 9.62. The molecular weight excluding hydrogens is 163 g/mol. The predicted molar refractivity (Wildman–Crippen MR) is 37.1 cm³/mol. The van der Waals surface area contributed by atoms with Crippen molar-refractivity contribution in [2.45, 2.75) is 6.42 Å². The fraction of sp³-hybridized carbons (Fsp3) is 1.00. The zero-order valence-corrected chi connectivity index (χ0v) is 6.63. The molecule has 0 bridgehead atoms. The van der Waals surface area contributed by atoms with Crippen molar-refractivity contribution < 1.29 is 19.5 Å². The Hall–Kier alpha value is 0.620. The fourth-order valence-corrected chi connectivity index (χ4v) is 0.404. The van der Waals surface area contributed by atoms with Crippen LogP contribution in [-0.4, -0.2) is 17.3 Å². The molecule has 0 heterocycles. The zero-order valence-electron chi connectivity index (χ0n) is 4.74. The van der Waals surface area contributed by atoms with Gasteiger partial charge in [0.05, 0.1) is 6.61 Å². The highest BCUT2D eigenvalue weighted by Gasteiger charge is 1.86. The number of rotatable bonds is 6. The molecule has 0 aliphatic rings. The second-order valence-corrected chi connectivity index (χ2v) is 1.94. The minimum absolute atomic E-state index is 0.425. The van der Waals surface area contributed by atoms with Gasteiger partial charge in [-0.15, -0.1) is 0 Å². The summed E-state index contributed by atoms with van der Waals surface area (Å²) in [5.74, 6) is 0.741. The van der Waals surface area contributed by atoms with Crippen LogP contribution in [-0.2, 0) is 14.6 Å². The van der Waals surface area contributed by atoms with Crippen LogP contribution >= 0.6 is 21.7 Å². The molecule has 0 saturated heterocycles.